The minimum Gasteiger partial charge on any atom is -0.481 e. The molecule has 0 aromatic rings. The van der Waals surface area contributed by atoms with Crippen LogP contribution in [0.3, 0.4) is 0 Å². The number of carbonyl (C=O) groups excluding carboxylic acids is 2. The summed E-state index contributed by atoms with van der Waals surface area (Å²) in [5, 5.41) is 25.0. The highest BCUT2D eigenvalue weighted by Crippen LogP contribution is 2.33. The van der Waals surface area contributed by atoms with Crippen molar-refractivity contribution in [2.24, 2.45) is 10.8 Å². The summed E-state index contributed by atoms with van der Waals surface area (Å²) in [6.07, 6.45) is 19.4. The normalized spacial score (nSPS) is 13.6. The molecule has 0 fully saturated rings. The maximum absolute atomic E-state index is 13.5. The Bertz CT molecular complexity index is 833. The van der Waals surface area contributed by atoms with E-state index in [9.17, 15) is 24.3 Å². The number of carbonyl (C=O) groups is 4. The highest BCUT2D eigenvalue weighted by molar-refractivity contribution is 6.01. The molecule has 0 saturated heterocycles. The molecule has 0 bridgehead atoms. The Morgan fingerprint density at radius 3 is 1.59 bits per heavy atom. The Hall–Kier alpha value is -2.16. The van der Waals surface area contributed by atoms with Crippen LogP contribution in [0.25, 0.3) is 0 Å². The van der Waals surface area contributed by atoms with E-state index in [0.717, 1.165) is 64.2 Å². The van der Waals surface area contributed by atoms with Gasteiger partial charge in [0, 0.05) is 31.5 Å². The first kappa shape index (κ1) is 43.8. The van der Waals surface area contributed by atoms with Gasteiger partial charge < -0.3 is 25.6 Å². The number of carboxylic acids is 2. The molecule has 0 aliphatic heterocycles. The second-order valence-electron chi connectivity index (χ2n) is 13.9. The van der Waals surface area contributed by atoms with Crippen LogP contribution in [0.15, 0.2) is 0 Å². The van der Waals surface area contributed by atoms with Crippen molar-refractivity contribution in [2.45, 2.75) is 182 Å². The number of hydrogen-bond donors (Lipinski definition) is 4. The number of carboxylic acid groups (broad SMARTS) is 2. The van der Waals surface area contributed by atoms with Crippen molar-refractivity contribution < 1.29 is 34.1 Å². The van der Waals surface area contributed by atoms with Gasteiger partial charge in [-0.1, -0.05) is 124 Å². The lowest BCUT2D eigenvalue weighted by Gasteiger charge is -2.29. The molecule has 270 valence electrons. The van der Waals surface area contributed by atoms with Crippen LogP contribution in [0.4, 0.5) is 0 Å². The Kier molecular flexibility index (Phi) is 25.6. The summed E-state index contributed by atoms with van der Waals surface area (Å²) in [4.78, 5) is 49.1. The molecule has 2 amide bonds. The molecule has 0 spiro atoms. The first-order valence-electron chi connectivity index (χ1n) is 18.6. The van der Waals surface area contributed by atoms with Gasteiger partial charge in [0.15, 0.2) is 0 Å². The second-order valence-corrected chi connectivity index (χ2v) is 13.9. The second kappa shape index (κ2) is 26.9. The summed E-state index contributed by atoms with van der Waals surface area (Å²) < 4.78 is 5.92. The fraction of sp³-hybridized carbons (Fsp3) is 0.892. The van der Waals surface area contributed by atoms with E-state index in [1.807, 2.05) is 27.7 Å². The van der Waals surface area contributed by atoms with E-state index >= 15 is 0 Å². The van der Waals surface area contributed by atoms with Crippen molar-refractivity contribution in [1.29, 1.82) is 0 Å². The molecule has 4 N–H and O–H groups in total. The van der Waals surface area contributed by atoms with Crippen molar-refractivity contribution in [3.63, 3.8) is 0 Å². The molecule has 0 aromatic carbocycles. The van der Waals surface area contributed by atoms with Crippen LogP contribution >= 0.6 is 0 Å². The zero-order chi connectivity index (χ0) is 34.7. The number of aliphatic carboxylic acids is 2. The number of unbranched alkanes of at least 4 members (excludes halogenated alkanes) is 15. The predicted molar refractivity (Wildman–Crippen MR) is 186 cm³/mol. The van der Waals surface area contributed by atoms with Crippen molar-refractivity contribution in [2.75, 3.05) is 19.7 Å². The van der Waals surface area contributed by atoms with E-state index in [2.05, 4.69) is 17.6 Å². The summed E-state index contributed by atoms with van der Waals surface area (Å²) in [7, 11) is 0. The molecular weight excluding hydrogens is 584 g/mol. The van der Waals surface area contributed by atoms with E-state index in [-0.39, 0.29) is 24.3 Å². The number of ether oxygens (including phenoxy) is 1. The number of amides is 2. The van der Waals surface area contributed by atoms with Crippen LogP contribution in [0.2, 0.25) is 0 Å². The lowest BCUT2D eigenvalue weighted by Crippen LogP contribution is -2.47. The van der Waals surface area contributed by atoms with Gasteiger partial charge >= 0.3 is 11.9 Å². The van der Waals surface area contributed by atoms with Crippen LogP contribution in [-0.2, 0) is 23.9 Å². The molecule has 0 rings (SSSR count). The maximum atomic E-state index is 13.5. The molecular formula is C37H70N2O7. The summed E-state index contributed by atoms with van der Waals surface area (Å²) in [5.74, 6) is -2.16. The van der Waals surface area contributed by atoms with Crippen molar-refractivity contribution in [1.82, 2.24) is 10.6 Å². The Labute approximate surface area is 280 Å². The highest BCUT2D eigenvalue weighted by Gasteiger charge is 2.44. The molecule has 0 saturated carbocycles. The van der Waals surface area contributed by atoms with Crippen molar-refractivity contribution in [3.8, 4) is 0 Å². The van der Waals surface area contributed by atoms with Crippen LogP contribution in [-0.4, -0.2) is 59.8 Å². The lowest BCUT2D eigenvalue weighted by atomic mass is 9.76. The van der Waals surface area contributed by atoms with E-state index in [1.54, 1.807) is 0 Å². The largest absolute Gasteiger partial charge is 0.481 e. The third-order valence-electron chi connectivity index (χ3n) is 9.21. The number of hydrogen-bond acceptors (Lipinski definition) is 5. The zero-order valence-corrected chi connectivity index (χ0v) is 30.2. The first-order valence-corrected chi connectivity index (χ1v) is 18.6. The first-order chi connectivity index (χ1) is 21.9. The van der Waals surface area contributed by atoms with Gasteiger partial charge in [0.1, 0.15) is 5.41 Å². The highest BCUT2D eigenvalue weighted by atomic mass is 16.5. The summed E-state index contributed by atoms with van der Waals surface area (Å²) in [6, 6.07) is 0. The Morgan fingerprint density at radius 1 is 0.652 bits per heavy atom. The maximum Gasteiger partial charge on any atom is 0.319 e. The topological polar surface area (TPSA) is 142 Å². The molecule has 0 radical (unpaired) electrons. The fourth-order valence-electron chi connectivity index (χ4n) is 5.83. The quantitative estimate of drug-likeness (QED) is 0.0421. The van der Waals surface area contributed by atoms with Gasteiger partial charge in [-0.2, -0.15) is 0 Å². The van der Waals surface area contributed by atoms with Gasteiger partial charge in [0.05, 0.1) is 6.10 Å². The van der Waals surface area contributed by atoms with E-state index in [1.165, 1.54) is 32.1 Å². The fourth-order valence-corrected chi connectivity index (χ4v) is 5.83. The Morgan fingerprint density at radius 2 is 1.13 bits per heavy atom. The SMILES string of the molecule is CCCCCCCCCCCC(CCCCCCCCCCC(=O)O)(C(=O)O)C(=O)NCCC(C)OCCC(C)(C)C(=O)NCC. The van der Waals surface area contributed by atoms with E-state index in [0.29, 0.717) is 58.2 Å². The van der Waals surface area contributed by atoms with Gasteiger partial charge in [-0.3, -0.25) is 19.2 Å². The summed E-state index contributed by atoms with van der Waals surface area (Å²) in [6.45, 7) is 11.2. The molecule has 0 heterocycles. The standard InChI is InChI=1S/C37H70N2O7/c1-6-8-9-10-11-13-16-19-22-26-37(35(44)45,27-23-20-17-14-12-15-18-21-24-32(40)41)34(43)39-29-25-31(3)46-30-28-36(4,5)33(42)38-7-2/h31H,6-30H2,1-5H3,(H,38,42)(H,39,43)(H,40,41)(H,44,45). The number of nitrogens with one attached hydrogen (secondary N) is 2. The molecule has 2 unspecified atom stereocenters. The van der Waals surface area contributed by atoms with Crippen molar-refractivity contribution >= 4 is 23.8 Å². The summed E-state index contributed by atoms with van der Waals surface area (Å²) in [5.41, 5.74) is -1.94. The van der Waals surface area contributed by atoms with Gasteiger partial charge in [0.25, 0.3) is 0 Å². The lowest BCUT2D eigenvalue weighted by molar-refractivity contribution is -0.157. The van der Waals surface area contributed by atoms with Gasteiger partial charge in [-0.15, -0.1) is 0 Å². The third kappa shape index (κ3) is 20.9. The van der Waals surface area contributed by atoms with Crippen LogP contribution in [0.1, 0.15) is 176 Å². The van der Waals surface area contributed by atoms with E-state index < -0.39 is 22.8 Å². The Balaban J connectivity index is 4.89. The van der Waals surface area contributed by atoms with Crippen LogP contribution < -0.4 is 10.6 Å². The molecule has 46 heavy (non-hydrogen) atoms. The smallest absolute Gasteiger partial charge is 0.319 e. The van der Waals surface area contributed by atoms with Crippen LogP contribution in [0, 0.1) is 10.8 Å². The van der Waals surface area contributed by atoms with Crippen molar-refractivity contribution in [3.05, 3.63) is 0 Å². The molecule has 0 aliphatic carbocycles. The molecule has 9 nitrogen and oxygen atoms in total. The zero-order valence-electron chi connectivity index (χ0n) is 30.2. The molecule has 2 atom stereocenters. The number of rotatable bonds is 32. The van der Waals surface area contributed by atoms with Gasteiger partial charge in [-0.25, -0.2) is 0 Å². The van der Waals surface area contributed by atoms with E-state index in [4.69, 9.17) is 9.84 Å². The average Bonchev–Trinajstić information content (AvgIpc) is 2.99. The summed E-state index contributed by atoms with van der Waals surface area (Å²) >= 11 is 0. The molecule has 9 heteroatoms. The molecule has 0 aliphatic rings. The third-order valence-corrected chi connectivity index (χ3v) is 9.21. The minimum atomic E-state index is -1.42. The van der Waals surface area contributed by atoms with Gasteiger partial charge in [-0.05, 0) is 46.0 Å². The van der Waals surface area contributed by atoms with Crippen LogP contribution in [0.5, 0.6) is 0 Å². The minimum absolute atomic E-state index is 0.00322. The molecule has 0 aromatic heterocycles. The van der Waals surface area contributed by atoms with Gasteiger partial charge in [0.2, 0.25) is 11.8 Å². The predicted octanol–water partition coefficient (Wildman–Crippen LogP) is 8.43. The average molecular weight is 655 g/mol. The monoisotopic (exact) mass is 655 g/mol.